The Hall–Kier alpha value is -1.86. The van der Waals surface area contributed by atoms with E-state index in [0.717, 1.165) is 5.69 Å². The summed E-state index contributed by atoms with van der Waals surface area (Å²) in [5.74, 6) is 0.351. The van der Waals surface area contributed by atoms with Crippen LogP contribution in [0.5, 0.6) is 0 Å². The van der Waals surface area contributed by atoms with Crippen LogP contribution >= 0.6 is 11.6 Å². The first-order valence-corrected chi connectivity index (χ1v) is 7.43. The van der Waals surface area contributed by atoms with Crippen LogP contribution in [0, 0.1) is 19.8 Å². The van der Waals surface area contributed by atoms with Crippen molar-refractivity contribution in [2.45, 2.75) is 26.4 Å². The summed E-state index contributed by atoms with van der Waals surface area (Å²) in [5.41, 5.74) is 1.65. The van der Waals surface area contributed by atoms with E-state index in [-0.39, 0.29) is 24.1 Å². The van der Waals surface area contributed by atoms with Crippen molar-refractivity contribution >= 4 is 17.5 Å². The first kappa shape index (κ1) is 15.1. The third-order valence-corrected chi connectivity index (χ3v) is 4.37. The maximum Gasteiger partial charge on any atom is 0.276 e. The number of likely N-dealkylation sites (tertiary alicyclic amines) is 1. The molecule has 0 bridgehead atoms. The number of carbonyl (C=O) groups is 1. The van der Waals surface area contributed by atoms with Crippen LogP contribution in [-0.4, -0.2) is 50.5 Å². The van der Waals surface area contributed by atoms with Crippen LogP contribution in [0.1, 0.15) is 27.6 Å². The fourth-order valence-electron chi connectivity index (χ4n) is 2.70. The van der Waals surface area contributed by atoms with Gasteiger partial charge in [0.2, 0.25) is 0 Å². The Morgan fingerprint density at radius 3 is 2.91 bits per heavy atom. The van der Waals surface area contributed by atoms with E-state index in [2.05, 4.69) is 15.4 Å². The molecule has 7 nitrogen and oxygen atoms in total. The van der Waals surface area contributed by atoms with E-state index in [9.17, 15) is 9.90 Å². The summed E-state index contributed by atoms with van der Waals surface area (Å²) in [6.45, 7) is 4.29. The second kappa shape index (κ2) is 5.73. The minimum Gasteiger partial charge on any atom is -0.391 e. The number of rotatable bonds is 3. The quantitative estimate of drug-likeness (QED) is 0.888. The van der Waals surface area contributed by atoms with Gasteiger partial charge < -0.3 is 14.5 Å². The molecular weight excluding hydrogens is 308 g/mol. The molecule has 22 heavy (non-hydrogen) atoms. The van der Waals surface area contributed by atoms with Crippen molar-refractivity contribution in [1.29, 1.82) is 0 Å². The van der Waals surface area contributed by atoms with Gasteiger partial charge in [-0.15, -0.1) is 0 Å². The number of aryl methyl sites for hydroxylation is 2. The molecule has 2 N–H and O–H groups in total. The van der Waals surface area contributed by atoms with Gasteiger partial charge in [0.15, 0.2) is 5.69 Å². The molecule has 3 heterocycles. The Labute approximate surface area is 132 Å². The molecule has 1 saturated heterocycles. The lowest BCUT2D eigenvalue weighted by Gasteiger charge is -2.14. The number of aliphatic hydroxyl groups excluding tert-OH is 1. The molecule has 1 aliphatic heterocycles. The molecule has 118 valence electrons. The van der Waals surface area contributed by atoms with Crippen LogP contribution in [0.15, 0.2) is 10.6 Å². The van der Waals surface area contributed by atoms with E-state index in [1.54, 1.807) is 11.8 Å². The highest BCUT2D eigenvalue weighted by molar-refractivity contribution is 6.34. The number of aromatic nitrogens is 3. The smallest absolute Gasteiger partial charge is 0.276 e. The van der Waals surface area contributed by atoms with Gasteiger partial charge in [-0.2, -0.15) is 5.10 Å². The minimum absolute atomic E-state index is 0.0879. The van der Waals surface area contributed by atoms with Crippen LogP contribution in [0.25, 0.3) is 0 Å². The number of nitrogens with one attached hydrogen (secondary N) is 1. The van der Waals surface area contributed by atoms with Crippen LogP contribution < -0.4 is 0 Å². The van der Waals surface area contributed by atoms with Gasteiger partial charge in [0.05, 0.1) is 22.5 Å². The first-order valence-electron chi connectivity index (χ1n) is 7.05. The maximum atomic E-state index is 12.4. The van der Waals surface area contributed by atoms with Crippen LogP contribution in [0.3, 0.4) is 0 Å². The molecule has 1 aliphatic rings. The molecule has 0 radical (unpaired) electrons. The zero-order chi connectivity index (χ0) is 15.9. The van der Waals surface area contributed by atoms with Crippen molar-refractivity contribution in [3.05, 3.63) is 33.9 Å². The summed E-state index contributed by atoms with van der Waals surface area (Å²) in [5, 5.41) is 21.0. The second-order valence-electron chi connectivity index (χ2n) is 5.69. The molecule has 0 saturated carbocycles. The van der Waals surface area contributed by atoms with Crippen LogP contribution in [0.2, 0.25) is 5.02 Å². The van der Waals surface area contributed by atoms with Crippen molar-refractivity contribution in [3.8, 4) is 0 Å². The van der Waals surface area contributed by atoms with Gasteiger partial charge >= 0.3 is 0 Å². The molecule has 1 amide bonds. The number of carbonyl (C=O) groups excluding carboxylic acids is 1. The lowest BCUT2D eigenvalue weighted by Crippen LogP contribution is -2.30. The van der Waals surface area contributed by atoms with Crippen molar-refractivity contribution in [1.82, 2.24) is 20.3 Å². The predicted molar refractivity (Wildman–Crippen MR) is 78.7 cm³/mol. The molecule has 2 atom stereocenters. The van der Waals surface area contributed by atoms with Crippen LogP contribution in [0.4, 0.5) is 0 Å². The van der Waals surface area contributed by atoms with Crippen molar-refractivity contribution < 1.29 is 14.4 Å². The summed E-state index contributed by atoms with van der Waals surface area (Å²) in [4.78, 5) is 14.0. The Kier molecular flexibility index (Phi) is 3.92. The molecule has 2 aromatic rings. The van der Waals surface area contributed by atoms with E-state index in [1.165, 1.54) is 0 Å². The van der Waals surface area contributed by atoms with E-state index < -0.39 is 6.10 Å². The lowest BCUT2D eigenvalue weighted by atomic mass is 10.0. The number of aliphatic hydroxyl groups is 1. The molecule has 0 spiro atoms. The van der Waals surface area contributed by atoms with Gasteiger partial charge in [-0.3, -0.25) is 9.89 Å². The highest BCUT2D eigenvalue weighted by atomic mass is 35.5. The maximum absolute atomic E-state index is 12.4. The average molecular weight is 325 g/mol. The normalized spacial score (nSPS) is 21.5. The van der Waals surface area contributed by atoms with Gasteiger partial charge in [0.25, 0.3) is 5.91 Å². The van der Waals surface area contributed by atoms with Gasteiger partial charge in [-0.05, 0) is 13.8 Å². The molecule has 8 heteroatoms. The number of nitrogens with zero attached hydrogens (tertiary/aromatic N) is 3. The number of aromatic amines is 1. The number of hydrogen-bond acceptors (Lipinski definition) is 5. The first-order chi connectivity index (χ1) is 10.5. The number of halogens is 1. The molecular formula is C14H17ClN4O3. The van der Waals surface area contributed by atoms with Crippen molar-refractivity contribution in [2.75, 3.05) is 13.1 Å². The number of H-pyrrole nitrogens is 1. The van der Waals surface area contributed by atoms with Gasteiger partial charge in [0, 0.05) is 31.5 Å². The molecule has 1 fully saturated rings. The van der Waals surface area contributed by atoms with Gasteiger partial charge in [-0.1, -0.05) is 16.8 Å². The largest absolute Gasteiger partial charge is 0.391 e. The zero-order valence-corrected chi connectivity index (χ0v) is 13.1. The fourth-order valence-corrected chi connectivity index (χ4v) is 2.86. The fraction of sp³-hybridized carbons (Fsp3) is 0.500. The standard InChI is InChI=1S/C14H17ClN4O3/c1-7-3-10(22-18-7)4-9-5-19(6-11(9)20)14(21)13-12(15)8(2)16-17-13/h3,9,11,20H,4-6H2,1-2H3,(H,16,17)/t9-,11-/m1/s1. The van der Waals surface area contributed by atoms with Crippen molar-refractivity contribution in [3.63, 3.8) is 0 Å². The van der Waals surface area contributed by atoms with Crippen LogP contribution in [-0.2, 0) is 6.42 Å². The molecule has 3 rings (SSSR count). The summed E-state index contributed by atoms with van der Waals surface area (Å²) < 4.78 is 5.17. The van der Waals surface area contributed by atoms with Gasteiger partial charge in [-0.25, -0.2) is 0 Å². The third kappa shape index (κ3) is 2.74. The Morgan fingerprint density at radius 2 is 2.32 bits per heavy atom. The Bertz CT molecular complexity index is 696. The Balaban J connectivity index is 1.70. The molecule has 2 aromatic heterocycles. The monoisotopic (exact) mass is 324 g/mol. The summed E-state index contributed by atoms with van der Waals surface area (Å²) in [6.07, 6.45) is -0.0628. The molecule has 0 unspecified atom stereocenters. The highest BCUT2D eigenvalue weighted by Gasteiger charge is 2.36. The van der Waals surface area contributed by atoms with E-state index in [4.69, 9.17) is 16.1 Å². The number of β-amino-alcohol motifs (C(OH)–C–C–N with tert-alkyl or cyclic N) is 1. The zero-order valence-electron chi connectivity index (χ0n) is 12.3. The van der Waals surface area contributed by atoms with Gasteiger partial charge in [0.1, 0.15) is 5.76 Å². The molecule has 0 aliphatic carbocycles. The van der Waals surface area contributed by atoms with E-state index in [1.807, 2.05) is 13.0 Å². The summed E-state index contributed by atoms with van der Waals surface area (Å²) >= 11 is 6.06. The van der Waals surface area contributed by atoms with Crippen molar-refractivity contribution in [2.24, 2.45) is 5.92 Å². The summed E-state index contributed by atoms with van der Waals surface area (Å²) in [7, 11) is 0. The lowest BCUT2D eigenvalue weighted by molar-refractivity contribution is 0.0759. The van der Waals surface area contributed by atoms with E-state index in [0.29, 0.717) is 29.4 Å². The third-order valence-electron chi connectivity index (χ3n) is 3.91. The Morgan fingerprint density at radius 1 is 1.55 bits per heavy atom. The average Bonchev–Trinajstić information content (AvgIpc) is 3.13. The topological polar surface area (TPSA) is 95.2 Å². The SMILES string of the molecule is Cc1cc(C[C@@H]2CN(C(=O)c3n[nH]c(C)c3Cl)C[C@H]2O)on1. The molecule has 0 aromatic carbocycles. The van der Waals surface area contributed by atoms with E-state index >= 15 is 0 Å². The predicted octanol–water partition coefficient (Wildman–Crippen LogP) is 1.34. The second-order valence-corrected chi connectivity index (χ2v) is 6.07. The summed E-state index contributed by atoms with van der Waals surface area (Å²) in [6, 6.07) is 1.84. The minimum atomic E-state index is -0.604. The highest BCUT2D eigenvalue weighted by Crippen LogP contribution is 2.25. The number of amides is 1. The number of hydrogen-bond donors (Lipinski definition) is 2.